The van der Waals surface area contributed by atoms with Crippen molar-refractivity contribution in [2.24, 2.45) is 0 Å². The van der Waals surface area contributed by atoms with E-state index < -0.39 is 36.0 Å². The van der Waals surface area contributed by atoms with Crippen molar-refractivity contribution in [3.63, 3.8) is 0 Å². The van der Waals surface area contributed by atoms with Gasteiger partial charge in [0.15, 0.2) is 0 Å². The summed E-state index contributed by atoms with van der Waals surface area (Å²) in [6.07, 6.45) is -3.56. The summed E-state index contributed by atoms with van der Waals surface area (Å²) in [7, 11) is 0. The van der Waals surface area contributed by atoms with E-state index in [1.165, 1.54) is 29.2 Å². The van der Waals surface area contributed by atoms with Gasteiger partial charge in [-0.2, -0.15) is 5.26 Å². The van der Waals surface area contributed by atoms with Crippen molar-refractivity contribution in [2.75, 3.05) is 22.6 Å². The molecular formula is C24H24ClN3O6. The molecule has 0 radical (unpaired) electrons. The van der Waals surface area contributed by atoms with Crippen molar-refractivity contribution in [2.45, 2.75) is 33.0 Å². The molecule has 2 rings (SSSR count). The molecule has 0 aliphatic carbocycles. The Balaban J connectivity index is 2.43. The van der Waals surface area contributed by atoms with E-state index in [-0.39, 0.29) is 18.1 Å². The first-order valence-corrected chi connectivity index (χ1v) is 10.8. The lowest BCUT2D eigenvalue weighted by Gasteiger charge is -2.30. The minimum Gasteiger partial charge on any atom is -0.448 e. The molecule has 2 amide bonds. The van der Waals surface area contributed by atoms with Gasteiger partial charge in [0.2, 0.25) is 12.2 Å². The number of benzene rings is 2. The zero-order chi connectivity index (χ0) is 25.3. The number of alkyl halides is 1. The second-order valence-corrected chi connectivity index (χ2v) is 7.63. The van der Waals surface area contributed by atoms with Gasteiger partial charge >= 0.3 is 11.9 Å². The van der Waals surface area contributed by atoms with E-state index in [0.29, 0.717) is 11.3 Å². The molecule has 0 fully saturated rings. The molecule has 0 bridgehead atoms. The van der Waals surface area contributed by atoms with Gasteiger partial charge in [0.1, 0.15) is 0 Å². The number of nitriles is 1. The first-order valence-electron chi connectivity index (χ1n) is 10.3. The average molecular weight is 486 g/mol. The van der Waals surface area contributed by atoms with E-state index in [1.807, 2.05) is 13.0 Å². The van der Waals surface area contributed by atoms with Crippen LogP contribution in [0, 0.1) is 18.3 Å². The molecule has 2 aromatic carbocycles. The van der Waals surface area contributed by atoms with Gasteiger partial charge in [-0.05, 0) is 43.3 Å². The molecule has 10 heteroatoms. The van der Waals surface area contributed by atoms with Gasteiger partial charge in [-0.25, -0.2) is 0 Å². The van der Waals surface area contributed by atoms with Crippen molar-refractivity contribution in [3.8, 4) is 6.07 Å². The Bertz CT molecular complexity index is 1080. The van der Waals surface area contributed by atoms with Crippen LogP contribution >= 0.6 is 11.6 Å². The molecule has 9 nitrogen and oxygen atoms in total. The highest BCUT2D eigenvalue weighted by Crippen LogP contribution is 2.21. The third-order valence-electron chi connectivity index (χ3n) is 4.56. The number of anilines is 2. The Morgan fingerprint density at radius 2 is 1.53 bits per heavy atom. The molecule has 0 aliphatic rings. The zero-order valence-electron chi connectivity index (χ0n) is 18.9. The van der Waals surface area contributed by atoms with E-state index in [0.717, 1.165) is 19.4 Å². The number of halogens is 1. The Kier molecular flexibility index (Phi) is 9.59. The Morgan fingerprint density at radius 1 is 0.971 bits per heavy atom. The Morgan fingerprint density at radius 3 is 2.03 bits per heavy atom. The molecule has 178 valence electrons. The molecule has 0 aliphatic heterocycles. The van der Waals surface area contributed by atoms with Crippen molar-refractivity contribution in [1.29, 1.82) is 5.26 Å². The fourth-order valence-corrected chi connectivity index (χ4v) is 3.19. The molecule has 0 heterocycles. The van der Waals surface area contributed by atoms with Crippen LogP contribution in [0.3, 0.4) is 0 Å². The van der Waals surface area contributed by atoms with Gasteiger partial charge in [-0.3, -0.25) is 19.2 Å². The molecule has 2 atom stereocenters. The molecule has 1 N–H and O–H groups in total. The first kappa shape index (κ1) is 26.4. The molecule has 0 spiro atoms. The van der Waals surface area contributed by atoms with Crippen LogP contribution in [0.25, 0.3) is 0 Å². The van der Waals surface area contributed by atoms with Gasteiger partial charge in [-0.15, -0.1) is 11.6 Å². The second-order valence-electron chi connectivity index (χ2n) is 7.25. The maximum Gasteiger partial charge on any atom is 0.303 e. The normalized spacial score (nSPS) is 12.0. The van der Waals surface area contributed by atoms with Crippen molar-refractivity contribution < 1.29 is 28.7 Å². The fraction of sp³-hybridized carbons (Fsp3) is 0.292. The highest BCUT2D eigenvalue weighted by atomic mass is 35.5. The van der Waals surface area contributed by atoms with Gasteiger partial charge in [0.25, 0.3) is 11.8 Å². The number of carbonyl (C=O) groups excluding carboxylic acids is 4. The van der Waals surface area contributed by atoms with Gasteiger partial charge < -0.3 is 19.7 Å². The van der Waals surface area contributed by atoms with Crippen LogP contribution in [0.15, 0.2) is 48.5 Å². The smallest absolute Gasteiger partial charge is 0.303 e. The number of nitrogens with one attached hydrogen (secondary N) is 1. The number of rotatable bonds is 9. The lowest BCUT2D eigenvalue weighted by molar-refractivity contribution is -0.172. The number of hydrogen-bond donors (Lipinski definition) is 1. The van der Waals surface area contributed by atoms with Crippen molar-refractivity contribution >= 4 is 46.7 Å². The van der Waals surface area contributed by atoms with Gasteiger partial charge in [-0.1, -0.05) is 17.7 Å². The zero-order valence-corrected chi connectivity index (χ0v) is 19.7. The molecule has 0 aromatic heterocycles. The Hall–Kier alpha value is -3.90. The molecule has 2 aromatic rings. The van der Waals surface area contributed by atoms with Crippen molar-refractivity contribution in [1.82, 2.24) is 0 Å². The van der Waals surface area contributed by atoms with E-state index in [1.54, 1.807) is 24.3 Å². The Labute approximate surface area is 202 Å². The second kappa shape index (κ2) is 12.4. The SMILES string of the molecule is CC(=O)O[C@@H](C(=O)Nc1ccc(C#N)cc1)[C@@H](OC(C)=O)C(=O)N(CCCl)c1ccc(C)cc1. The predicted molar refractivity (Wildman–Crippen MR) is 125 cm³/mol. The lowest BCUT2D eigenvalue weighted by atomic mass is 10.1. The minimum absolute atomic E-state index is 0.0469. The maximum atomic E-state index is 13.5. The summed E-state index contributed by atoms with van der Waals surface area (Å²) in [5, 5.41) is 11.4. The van der Waals surface area contributed by atoms with Crippen LogP contribution in [0.1, 0.15) is 25.0 Å². The summed E-state index contributed by atoms with van der Waals surface area (Å²) in [4.78, 5) is 51.4. The molecule has 0 saturated carbocycles. The van der Waals surface area contributed by atoms with Crippen LogP contribution in [0.5, 0.6) is 0 Å². The van der Waals surface area contributed by atoms with E-state index in [9.17, 15) is 19.2 Å². The van der Waals surface area contributed by atoms with Gasteiger partial charge in [0.05, 0.1) is 11.6 Å². The quantitative estimate of drug-likeness (QED) is 0.427. The number of esters is 2. The summed E-state index contributed by atoms with van der Waals surface area (Å²) < 4.78 is 10.3. The number of carbonyl (C=O) groups is 4. The number of aryl methyl sites for hydroxylation is 1. The summed E-state index contributed by atoms with van der Waals surface area (Å²) in [6.45, 7) is 4.06. The van der Waals surface area contributed by atoms with E-state index >= 15 is 0 Å². The van der Waals surface area contributed by atoms with Crippen molar-refractivity contribution in [3.05, 3.63) is 59.7 Å². The summed E-state index contributed by atoms with van der Waals surface area (Å²) >= 11 is 5.90. The van der Waals surface area contributed by atoms with Crippen LogP contribution in [0.4, 0.5) is 11.4 Å². The minimum atomic E-state index is -1.78. The number of amides is 2. The fourth-order valence-electron chi connectivity index (χ4n) is 3.02. The molecule has 0 saturated heterocycles. The lowest BCUT2D eigenvalue weighted by Crippen LogP contribution is -2.53. The maximum absolute atomic E-state index is 13.5. The highest BCUT2D eigenvalue weighted by Gasteiger charge is 2.42. The van der Waals surface area contributed by atoms with E-state index in [2.05, 4.69) is 5.32 Å². The number of ether oxygens (including phenoxy) is 2. The van der Waals surface area contributed by atoms with Crippen LogP contribution < -0.4 is 10.2 Å². The molecule has 34 heavy (non-hydrogen) atoms. The topological polar surface area (TPSA) is 126 Å². The number of nitrogens with zero attached hydrogens (tertiary/aromatic N) is 2. The summed E-state index contributed by atoms with van der Waals surface area (Å²) in [5.74, 6) is -3.34. The van der Waals surface area contributed by atoms with Crippen LogP contribution in [-0.2, 0) is 28.7 Å². The first-order chi connectivity index (χ1) is 16.2. The summed E-state index contributed by atoms with van der Waals surface area (Å²) in [5.41, 5.74) is 2.07. The van der Waals surface area contributed by atoms with Crippen LogP contribution in [0.2, 0.25) is 0 Å². The molecular weight excluding hydrogens is 462 g/mol. The summed E-state index contributed by atoms with van der Waals surface area (Å²) in [6, 6.07) is 14.8. The van der Waals surface area contributed by atoms with Crippen LogP contribution in [-0.4, -0.2) is 48.4 Å². The average Bonchev–Trinajstić information content (AvgIpc) is 2.80. The third kappa shape index (κ3) is 7.32. The monoisotopic (exact) mass is 485 g/mol. The largest absolute Gasteiger partial charge is 0.448 e. The molecule has 0 unspecified atom stereocenters. The third-order valence-corrected chi connectivity index (χ3v) is 4.73. The standard InChI is InChI=1S/C24H24ClN3O6/c1-15-4-10-20(11-5-15)28(13-12-25)24(32)22(34-17(3)30)21(33-16(2)29)23(31)27-19-8-6-18(14-26)7-9-19/h4-11,21-22H,12-13H2,1-3H3,(H,27,31)/t21-,22-/m1/s1. The predicted octanol–water partition coefficient (Wildman–Crippen LogP) is 2.94. The van der Waals surface area contributed by atoms with Gasteiger partial charge in [0, 0.05) is 37.6 Å². The number of hydrogen-bond acceptors (Lipinski definition) is 7. The van der Waals surface area contributed by atoms with E-state index in [4.69, 9.17) is 26.3 Å². The highest BCUT2D eigenvalue weighted by molar-refractivity contribution is 6.18.